The smallest absolute Gasteiger partial charge is 0.119 e. The van der Waals surface area contributed by atoms with Crippen molar-refractivity contribution < 1.29 is 5.11 Å². The lowest BCUT2D eigenvalue weighted by Crippen LogP contribution is -2.40. The minimum atomic E-state index is 0.458. The molecule has 0 heterocycles. The first-order chi connectivity index (χ1) is 9.24. The van der Waals surface area contributed by atoms with E-state index in [1.54, 1.807) is 6.07 Å². The Balaban J connectivity index is 2.03. The fraction of sp³-hybridized carbons (Fsp3) is 0.500. The number of rotatable bonds is 5. The highest BCUT2D eigenvalue weighted by Crippen LogP contribution is 2.29. The Morgan fingerprint density at radius 2 is 2.37 bits per heavy atom. The van der Waals surface area contributed by atoms with Crippen molar-refractivity contribution in [1.29, 1.82) is 0 Å². The second-order valence-electron chi connectivity index (χ2n) is 5.23. The second-order valence-corrected chi connectivity index (χ2v) is 5.95. The van der Waals surface area contributed by atoms with Crippen molar-refractivity contribution in [3.8, 4) is 5.75 Å². The van der Waals surface area contributed by atoms with E-state index < -0.39 is 0 Å². The van der Waals surface area contributed by atoms with Crippen molar-refractivity contribution >= 4 is 22.6 Å². The second kappa shape index (κ2) is 7.29. The van der Waals surface area contributed by atoms with Crippen molar-refractivity contribution in [2.45, 2.75) is 51.1 Å². The molecule has 2 N–H and O–H groups in total. The highest BCUT2D eigenvalue weighted by Gasteiger charge is 2.22. The molecule has 1 aliphatic carbocycles. The van der Waals surface area contributed by atoms with Crippen LogP contribution in [-0.2, 0) is 12.8 Å². The van der Waals surface area contributed by atoms with E-state index >= 15 is 0 Å². The molecular formula is C16H22INO. The minimum Gasteiger partial charge on any atom is -0.508 e. The monoisotopic (exact) mass is 371 g/mol. The molecule has 2 nitrogen and oxygen atoms in total. The van der Waals surface area contributed by atoms with Crippen LogP contribution in [0.3, 0.4) is 0 Å². The first-order valence-electron chi connectivity index (χ1n) is 7.07. The summed E-state index contributed by atoms with van der Waals surface area (Å²) < 4.78 is 2.10. The van der Waals surface area contributed by atoms with Crippen LogP contribution in [0.15, 0.2) is 28.4 Å². The molecule has 0 saturated heterocycles. The van der Waals surface area contributed by atoms with Gasteiger partial charge in [0.1, 0.15) is 5.75 Å². The van der Waals surface area contributed by atoms with Gasteiger partial charge in [-0.25, -0.2) is 0 Å². The van der Waals surface area contributed by atoms with Crippen LogP contribution < -0.4 is 5.32 Å². The summed E-state index contributed by atoms with van der Waals surface area (Å²) in [6, 6.07) is 6.82. The normalized spacial score (nSPS) is 20.4. The number of phenolic OH excluding ortho intramolecular Hbond substituents is 1. The van der Waals surface area contributed by atoms with Crippen LogP contribution in [0.25, 0.3) is 0 Å². The topological polar surface area (TPSA) is 32.3 Å². The summed E-state index contributed by atoms with van der Waals surface area (Å²) >= 11 is 2.28. The van der Waals surface area contributed by atoms with Crippen LogP contribution in [0.5, 0.6) is 5.75 Å². The van der Waals surface area contributed by atoms with Crippen LogP contribution in [-0.4, -0.2) is 17.2 Å². The van der Waals surface area contributed by atoms with E-state index in [2.05, 4.69) is 51.1 Å². The third kappa shape index (κ3) is 3.96. The van der Waals surface area contributed by atoms with E-state index in [1.165, 1.54) is 18.4 Å². The van der Waals surface area contributed by atoms with Gasteiger partial charge in [-0.2, -0.15) is 0 Å². The molecule has 1 aromatic rings. The maximum atomic E-state index is 9.97. The zero-order valence-corrected chi connectivity index (χ0v) is 13.6. The quantitative estimate of drug-likeness (QED) is 0.768. The Hall–Kier alpha value is -0.550. The van der Waals surface area contributed by atoms with E-state index in [-0.39, 0.29) is 0 Å². The standard InChI is InChI=1S/C16H22INO/c1-2-4-13(9-10-17)18-14-8-7-12-5-3-6-16(19)15(12)11-14/h3,5-6,9-10,13-14,18-19H,2,4,7-8,11H2,1H3. The minimum absolute atomic E-state index is 0.458. The number of halogens is 1. The number of fused-ring (bicyclic) bond motifs is 1. The summed E-state index contributed by atoms with van der Waals surface area (Å²) in [4.78, 5) is 0. The number of hydrogen-bond acceptors (Lipinski definition) is 2. The zero-order chi connectivity index (χ0) is 13.7. The van der Waals surface area contributed by atoms with Crippen LogP contribution in [0.4, 0.5) is 0 Å². The first kappa shape index (κ1) is 14.9. The van der Waals surface area contributed by atoms with Gasteiger partial charge >= 0.3 is 0 Å². The lowest BCUT2D eigenvalue weighted by Gasteiger charge is -2.29. The molecule has 0 radical (unpaired) electrons. The van der Waals surface area contributed by atoms with Crippen LogP contribution in [0, 0.1) is 0 Å². The van der Waals surface area contributed by atoms with Gasteiger partial charge in [-0.05, 0) is 47.0 Å². The van der Waals surface area contributed by atoms with Crippen molar-refractivity contribution in [2.24, 2.45) is 0 Å². The lowest BCUT2D eigenvalue weighted by atomic mass is 9.87. The molecule has 0 bridgehead atoms. The van der Waals surface area contributed by atoms with E-state index in [1.807, 2.05) is 6.07 Å². The molecule has 0 aliphatic heterocycles. The molecule has 0 spiro atoms. The van der Waals surface area contributed by atoms with Crippen molar-refractivity contribution in [3.63, 3.8) is 0 Å². The molecule has 0 fully saturated rings. The number of aromatic hydroxyl groups is 1. The lowest BCUT2D eigenvalue weighted by molar-refractivity contribution is 0.398. The van der Waals surface area contributed by atoms with Gasteiger partial charge in [0.2, 0.25) is 0 Å². The highest BCUT2D eigenvalue weighted by molar-refractivity contribution is 14.1. The molecule has 2 rings (SSSR count). The number of hydrogen-bond donors (Lipinski definition) is 2. The third-order valence-corrected chi connectivity index (χ3v) is 4.23. The van der Waals surface area contributed by atoms with Crippen molar-refractivity contribution in [1.82, 2.24) is 5.32 Å². The van der Waals surface area contributed by atoms with Crippen LogP contribution >= 0.6 is 22.6 Å². The van der Waals surface area contributed by atoms with Crippen LogP contribution in [0.2, 0.25) is 0 Å². The molecule has 104 valence electrons. The Morgan fingerprint density at radius 3 is 3.11 bits per heavy atom. The number of phenols is 1. The Kier molecular flexibility index (Phi) is 5.70. The summed E-state index contributed by atoms with van der Waals surface area (Å²) in [6.45, 7) is 2.22. The first-order valence-corrected chi connectivity index (χ1v) is 8.31. The summed E-state index contributed by atoms with van der Waals surface area (Å²) in [5.74, 6) is 0.459. The molecule has 0 aromatic heterocycles. The number of benzene rings is 1. The molecule has 19 heavy (non-hydrogen) atoms. The van der Waals surface area contributed by atoms with Gasteiger partial charge in [0.25, 0.3) is 0 Å². The Labute approximate surface area is 129 Å². The van der Waals surface area contributed by atoms with Gasteiger partial charge < -0.3 is 10.4 Å². The molecule has 0 saturated carbocycles. The maximum Gasteiger partial charge on any atom is 0.119 e. The van der Waals surface area contributed by atoms with Crippen molar-refractivity contribution in [2.75, 3.05) is 0 Å². The van der Waals surface area contributed by atoms with Crippen LogP contribution in [0.1, 0.15) is 37.3 Å². The average Bonchev–Trinajstić information content (AvgIpc) is 2.40. The third-order valence-electron chi connectivity index (χ3n) is 3.82. The predicted molar refractivity (Wildman–Crippen MR) is 88.9 cm³/mol. The molecule has 2 atom stereocenters. The molecular weight excluding hydrogens is 349 g/mol. The summed E-state index contributed by atoms with van der Waals surface area (Å²) in [5.41, 5.74) is 2.45. The average molecular weight is 371 g/mol. The van der Waals surface area contributed by atoms with E-state index in [0.717, 1.165) is 24.8 Å². The molecule has 2 unspecified atom stereocenters. The molecule has 3 heteroatoms. The highest BCUT2D eigenvalue weighted by atomic mass is 127. The Bertz CT molecular complexity index is 444. The van der Waals surface area contributed by atoms with Crippen molar-refractivity contribution in [3.05, 3.63) is 39.5 Å². The maximum absolute atomic E-state index is 9.97. The van der Waals surface area contributed by atoms with E-state index in [9.17, 15) is 5.11 Å². The van der Waals surface area contributed by atoms with E-state index in [4.69, 9.17) is 0 Å². The van der Waals surface area contributed by atoms with Gasteiger partial charge in [0.15, 0.2) is 0 Å². The molecule has 1 aliphatic rings. The summed E-state index contributed by atoms with van der Waals surface area (Å²) in [6.07, 6.45) is 7.76. The fourth-order valence-electron chi connectivity index (χ4n) is 2.85. The fourth-order valence-corrected chi connectivity index (χ4v) is 3.35. The SMILES string of the molecule is CCCC(C=CI)NC1CCc2cccc(O)c2C1. The largest absolute Gasteiger partial charge is 0.508 e. The predicted octanol–water partition coefficient (Wildman–Crippen LogP) is 3.96. The van der Waals surface area contributed by atoms with Gasteiger partial charge in [-0.15, -0.1) is 0 Å². The summed E-state index contributed by atoms with van der Waals surface area (Å²) in [5, 5.41) is 13.7. The van der Waals surface area contributed by atoms with Gasteiger partial charge in [-0.1, -0.05) is 54.1 Å². The summed E-state index contributed by atoms with van der Waals surface area (Å²) in [7, 11) is 0. The molecule has 1 aromatic carbocycles. The van der Waals surface area contributed by atoms with E-state index in [0.29, 0.717) is 17.8 Å². The number of nitrogens with one attached hydrogen (secondary N) is 1. The Morgan fingerprint density at radius 1 is 1.53 bits per heavy atom. The molecule has 0 amide bonds. The zero-order valence-electron chi connectivity index (χ0n) is 11.4. The van der Waals surface area contributed by atoms with Gasteiger partial charge in [0.05, 0.1) is 0 Å². The van der Waals surface area contributed by atoms with Gasteiger partial charge in [-0.3, -0.25) is 0 Å². The van der Waals surface area contributed by atoms with Gasteiger partial charge in [0, 0.05) is 12.1 Å². The number of aryl methyl sites for hydroxylation is 1.